The number of fused-ring (bicyclic) bond motifs is 3. The second kappa shape index (κ2) is 8.43. The van der Waals surface area contributed by atoms with Crippen LogP contribution in [0.5, 0.6) is 0 Å². The molecule has 3 aromatic heterocycles. The van der Waals surface area contributed by atoms with E-state index in [0.717, 1.165) is 39.0 Å². The Hall–Kier alpha value is -5.16. The van der Waals surface area contributed by atoms with E-state index in [2.05, 4.69) is 20.6 Å². The number of aryl methyl sites for hydroxylation is 1. The molecule has 10 nitrogen and oxygen atoms in total. The Morgan fingerprint density at radius 1 is 0.976 bits per heavy atom. The first-order chi connectivity index (χ1) is 20.2. The van der Waals surface area contributed by atoms with E-state index < -0.39 is 6.09 Å². The van der Waals surface area contributed by atoms with Crippen molar-refractivity contribution in [1.82, 2.24) is 14.9 Å². The number of H-pyrrole nitrogens is 2. The number of piperidine rings is 1. The van der Waals surface area contributed by atoms with Crippen LogP contribution in [0.15, 0.2) is 65.7 Å². The molecule has 0 bridgehead atoms. The third-order valence-electron chi connectivity index (χ3n) is 8.64. The number of thiophene rings is 1. The number of aromatic nitrogens is 2. The zero-order valence-corrected chi connectivity index (χ0v) is 23.0. The SMILES string of the molecule is Cc1csc2c1[C@]13C[C@H]1CN(C(=O)c1cc4cc(NC(=O)c5cc6cc(NC(=O)O)ccc6[nH]5)ccc4[nH]1)C3=CC2=O. The molecule has 42 heavy (non-hydrogen) atoms. The highest BCUT2D eigenvalue weighted by atomic mass is 32.1. The minimum Gasteiger partial charge on any atom is -0.465 e. The van der Waals surface area contributed by atoms with Gasteiger partial charge in [-0.1, -0.05) is 0 Å². The highest BCUT2D eigenvalue weighted by molar-refractivity contribution is 7.12. The van der Waals surface area contributed by atoms with E-state index in [1.54, 1.807) is 53.4 Å². The van der Waals surface area contributed by atoms with Crippen molar-refractivity contribution in [2.45, 2.75) is 18.8 Å². The number of benzene rings is 2. The van der Waals surface area contributed by atoms with Gasteiger partial charge in [0.1, 0.15) is 11.4 Å². The summed E-state index contributed by atoms with van der Waals surface area (Å²) in [7, 11) is 0. The van der Waals surface area contributed by atoms with Crippen LogP contribution in [0.3, 0.4) is 0 Å². The molecule has 2 atom stereocenters. The third kappa shape index (κ3) is 3.50. The van der Waals surface area contributed by atoms with Gasteiger partial charge in [-0.3, -0.25) is 19.7 Å². The molecular weight excluding hydrogens is 554 g/mol. The number of ketones is 1. The van der Waals surface area contributed by atoms with Crippen molar-refractivity contribution in [1.29, 1.82) is 0 Å². The molecule has 8 rings (SSSR count). The normalized spacial score (nSPS) is 20.2. The maximum atomic E-state index is 13.7. The Labute approximate surface area is 242 Å². The van der Waals surface area contributed by atoms with Crippen molar-refractivity contribution >= 4 is 68.2 Å². The van der Waals surface area contributed by atoms with Gasteiger partial charge in [-0.05, 0) is 84.3 Å². The number of amides is 3. The van der Waals surface area contributed by atoms with E-state index >= 15 is 0 Å². The minimum absolute atomic E-state index is 0.0292. The zero-order chi connectivity index (χ0) is 28.9. The van der Waals surface area contributed by atoms with Gasteiger partial charge in [-0.25, -0.2) is 4.79 Å². The number of likely N-dealkylation sites (tertiary alicyclic amines) is 1. The molecule has 1 saturated heterocycles. The number of carboxylic acid groups (broad SMARTS) is 1. The molecule has 1 spiro atoms. The van der Waals surface area contributed by atoms with Crippen molar-refractivity contribution in [2.75, 3.05) is 17.2 Å². The lowest BCUT2D eigenvalue weighted by Crippen LogP contribution is -2.33. The van der Waals surface area contributed by atoms with Gasteiger partial charge in [-0.2, -0.15) is 0 Å². The summed E-state index contributed by atoms with van der Waals surface area (Å²) in [6, 6.07) is 13.8. The summed E-state index contributed by atoms with van der Waals surface area (Å²) in [5, 5.41) is 17.6. The summed E-state index contributed by atoms with van der Waals surface area (Å²) >= 11 is 1.49. The number of aromatic amines is 2. The summed E-state index contributed by atoms with van der Waals surface area (Å²) < 4.78 is 0. The second-order valence-electron chi connectivity index (χ2n) is 11.2. The highest BCUT2D eigenvalue weighted by Gasteiger charge is 2.68. The van der Waals surface area contributed by atoms with Crippen LogP contribution in [0.4, 0.5) is 16.2 Å². The minimum atomic E-state index is -1.16. The molecule has 1 aliphatic heterocycles. The van der Waals surface area contributed by atoms with Gasteiger partial charge >= 0.3 is 6.09 Å². The summed E-state index contributed by atoms with van der Waals surface area (Å²) in [4.78, 5) is 59.4. The Morgan fingerprint density at radius 3 is 2.36 bits per heavy atom. The van der Waals surface area contributed by atoms with E-state index in [4.69, 9.17) is 5.11 Å². The van der Waals surface area contributed by atoms with E-state index in [1.807, 2.05) is 18.4 Å². The number of allylic oxidation sites excluding steroid dienone is 2. The lowest BCUT2D eigenvalue weighted by molar-refractivity contribution is 0.0806. The maximum Gasteiger partial charge on any atom is 0.409 e. The summed E-state index contributed by atoms with van der Waals surface area (Å²) in [5.41, 5.74) is 5.98. The number of hydrogen-bond donors (Lipinski definition) is 5. The monoisotopic (exact) mass is 577 g/mol. The number of nitrogens with zero attached hydrogens (tertiary/aromatic N) is 1. The van der Waals surface area contributed by atoms with Gasteiger partial charge in [0.2, 0.25) is 0 Å². The number of nitrogens with one attached hydrogen (secondary N) is 4. The molecule has 1 saturated carbocycles. The van der Waals surface area contributed by atoms with Crippen LogP contribution in [0.25, 0.3) is 21.8 Å². The standard InChI is InChI=1S/C31H23N5O5S/c1-14-13-42-27-24(37)10-25-31(26(14)27)11-17(31)12-36(25)29(39)23-9-16-6-18(2-4-21(16)35-23)32-28(38)22-8-15-7-19(33-30(40)41)3-5-20(15)34-22/h2-10,13,17,33-35H,11-12H2,1H3,(H,32,38)(H,40,41)/t17-,31+/m0/s1. The first kappa shape index (κ1) is 24.6. The van der Waals surface area contributed by atoms with E-state index in [-0.39, 0.29) is 23.0 Å². The molecule has 3 amide bonds. The first-order valence-corrected chi connectivity index (χ1v) is 14.3. The number of carbonyl (C=O) groups excluding carboxylic acids is 3. The molecule has 3 aliphatic rings. The van der Waals surface area contributed by atoms with Crippen molar-refractivity contribution in [3.63, 3.8) is 0 Å². The average molecular weight is 578 g/mol. The molecule has 2 aliphatic carbocycles. The lowest BCUT2D eigenvalue weighted by Gasteiger charge is -2.28. The topological polar surface area (TPSA) is 147 Å². The highest BCUT2D eigenvalue weighted by Crippen LogP contribution is 2.68. The molecule has 0 unspecified atom stereocenters. The van der Waals surface area contributed by atoms with Gasteiger partial charge in [0.25, 0.3) is 11.8 Å². The van der Waals surface area contributed by atoms with E-state index in [1.165, 1.54) is 11.3 Å². The number of hydrogen-bond acceptors (Lipinski definition) is 5. The molecule has 208 valence electrons. The Balaban J connectivity index is 1.03. The molecule has 5 N–H and O–H groups in total. The summed E-state index contributed by atoms with van der Waals surface area (Å²) in [6.45, 7) is 2.63. The van der Waals surface area contributed by atoms with E-state index in [0.29, 0.717) is 46.1 Å². The fourth-order valence-electron chi connectivity index (χ4n) is 6.75. The van der Waals surface area contributed by atoms with Gasteiger partial charge in [-0.15, -0.1) is 11.3 Å². The van der Waals surface area contributed by atoms with Gasteiger partial charge in [0, 0.05) is 56.9 Å². The van der Waals surface area contributed by atoms with Crippen LogP contribution in [0, 0.1) is 12.8 Å². The first-order valence-electron chi connectivity index (χ1n) is 13.4. The molecule has 4 heterocycles. The molecule has 2 fully saturated rings. The maximum absolute atomic E-state index is 13.7. The predicted molar refractivity (Wildman–Crippen MR) is 158 cm³/mol. The zero-order valence-electron chi connectivity index (χ0n) is 22.2. The van der Waals surface area contributed by atoms with Crippen LogP contribution in [-0.4, -0.2) is 50.2 Å². The number of carbonyl (C=O) groups is 4. The van der Waals surface area contributed by atoms with Crippen LogP contribution in [0.2, 0.25) is 0 Å². The van der Waals surface area contributed by atoms with Gasteiger partial charge in [0.05, 0.1) is 4.88 Å². The Morgan fingerprint density at radius 2 is 1.64 bits per heavy atom. The molecule has 11 heteroatoms. The molecule has 0 radical (unpaired) electrons. The third-order valence-corrected chi connectivity index (χ3v) is 9.75. The fourth-order valence-corrected chi connectivity index (χ4v) is 7.80. The number of rotatable bonds is 4. The average Bonchev–Trinajstić information content (AvgIpc) is 3.40. The summed E-state index contributed by atoms with van der Waals surface area (Å²) in [5.74, 6) is -0.237. The molecular formula is C31H23N5O5S. The Bertz CT molecular complexity index is 2080. The smallest absolute Gasteiger partial charge is 0.409 e. The quantitative estimate of drug-likeness (QED) is 0.182. The number of anilines is 2. The lowest BCUT2D eigenvalue weighted by atomic mass is 9.84. The largest absolute Gasteiger partial charge is 0.465 e. The van der Waals surface area contributed by atoms with Crippen molar-refractivity contribution in [3.8, 4) is 0 Å². The van der Waals surface area contributed by atoms with Crippen molar-refractivity contribution in [2.24, 2.45) is 5.92 Å². The van der Waals surface area contributed by atoms with Gasteiger partial charge in [0.15, 0.2) is 5.78 Å². The van der Waals surface area contributed by atoms with E-state index in [9.17, 15) is 19.2 Å². The summed E-state index contributed by atoms with van der Waals surface area (Å²) in [6.07, 6.45) is 1.46. The van der Waals surface area contributed by atoms with Gasteiger partial charge < -0.3 is 25.3 Å². The van der Waals surface area contributed by atoms with Crippen molar-refractivity contribution < 1.29 is 24.3 Å². The molecule has 2 aromatic carbocycles. The van der Waals surface area contributed by atoms with Crippen LogP contribution < -0.4 is 10.6 Å². The second-order valence-corrected chi connectivity index (χ2v) is 12.0. The van der Waals surface area contributed by atoms with Crippen LogP contribution in [-0.2, 0) is 5.41 Å². The van der Waals surface area contributed by atoms with Crippen LogP contribution in [0.1, 0.15) is 48.2 Å². The molecule has 5 aromatic rings. The predicted octanol–water partition coefficient (Wildman–Crippen LogP) is 5.86. The van der Waals surface area contributed by atoms with Crippen LogP contribution >= 0.6 is 11.3 Å². The van der Waals surface area contributed by atoms with Crippen molar-refractivity contribution in [3.05, 3.63) is 93.1 Å². The Kier molecular flexibility index (Phi) is 4.94. The fraction of sp³-hybridized carbons (Fsp3) is 0.161.